The van der Waals surface area contributed by atoms with E-state index in [0.29, 0.717) is 42.7 Å². The zero-order chi connectivity index (χ0) is 17.1. The molecule has 0 spiro atoms. The van der Waals surface area contributed by atoms with Gasteiger partial charge in [0, 0.05) is 32.3 Å². The van der Waals surface area contributed by atoms with E-state index in [1.807, 2.05) is 29.2 Å². The molecule has 0 radical (unpaired) electrons. The molecule has 0 atom stereocenters. The van der Waals surface area contributed by atoms with Gasteiger partial charge in [0.25, 0.3) is 0 Å². The Balaban J connectivity index is 1.53. The van der Waals surface area contributed by atoms with Gasteiger partial charge < -0.3 is 19.1 Å². The molecule has 0 saturated carbocycles. The summed E-state index contributed by atoms with van der Waals surface area (Å²) in [6.07, 6.45) is 6.52. The predicted octanol–water partition coefficient (Wildman–Crippen LogP) is 3.03. The number of nitrogens with zero attached hydrogens (tertiary/aromatic N) is 3. The first kappa shape index (κ1) is 15.4. The van der Waals surface area contributed by atoms with Gasteiger partial charge in [-0.15, -0.1) is 0 Å². The Bertz CT molecular complexity index is 843. The van der Waals surface area contributed by atoms with E-state index in [4.69, 9.17) is 8.83 Å². The summed E-state index contributed by atoms with van der Waals surface area (Å²) >= 11 is 0. The van der Waals surface area contributed by atoms with Crippen LogP contribution in [0.5, 0.6) is 0 Å². The average Bonchev–Trinajstić information content (AvgIpc) is 3.38. The van der Waals surface area contributed by atoms with Gasteiger partial charge in [-0.3, -0.25) is 4.79 Å². The number of carbonyl (C=O) groups is 1. The van der Waals surface area contributed by atoms with Crippen molar-refractivity contribution < 1.29 is 13.6 Å². The van der Waals surface area contributed by atoms with Gasteiger partial charge in [0.05, 0.1) is 18.1 Å². The molecule has 1 N–H and O–H groups in total. The lowest BCUT2D eigenvalue weighted by Crippen LogP contribution is -2.30. The number of nitrogens with one attached hydrogen (secondary N) is 1. The number of likely N-dealkylation sites (tertiary alicyclic amines) is 1. The standard InChI is InChI=1S/C18H18N4O3/c23-16-6-1-8-22(16)9-7-19-18-20-12-13(14-4-2-10-24-14)17(21-18)15-5-3-11-25-15/h2-5,10-12H,1,6-9H2,(H,19,20,21). The fourth-order valence-corrected chi connectivity index (χ4v) is 2.92. The summed E-state index contributed by atoms with van der Waals surface area (Å²) in [6, 6.07) is 7.34. The van der Waals surface area contributed by atoms with Crippen LogP contribution in [-0.4, -0.2) is 40.4 Å². The van der Waals surface area contributed by atoms with E-state index in [9.17, 15) is 4.79 Å². The molecule has 7 heteroatoms. The molecule has 1 amide bonds. The molecule has 4 heterocycles. The monoisotopic (exact) mass is 338 g/mol. The summed E-state index contributed by atoms with van der Waals surface area (Å²) in [5.41, 5.74) is 1.43. The molecule has 7 nitrogen and oxygen atoms in total. The van der Waals surface area contributed by atoms with Crippen LogP contribution in [0.15, 0.2) is 51.8 Å². The number of furan rings is 2. The van der Waals surface area contributed by atoms with E-state index in [-0.39, 0.29) is 5.91 Å². The van der Waals surface area contributed by atoms with Crippen molar-refractivity contribution in [2.75, 3.05) is 25.0 Å². The van der Waals surface area contributed by atoms with Gasteiger partial charge in [-0.1, -0.05) is 0 Å². The van der Waals surface area contributed by atoms with Crippen molar-refractivity contribution in [2.24, 2.45) is 0 Å². The maximum atomic E-state index is 11.6. The molecular formula is C18H18N4O3. The van der Waals surface area contributed by atoms with Gasteiger partial charge in [0.1, 0.15) is 11.5 Å². The lowest BCUT2D eigenvalue weighted by atomic mass is 10.1. The Morgan fingerprint density at radius 1 is 1.16 bits per heavy atom. The third kappa shape index (κ3) is 3.26. The third-order valence-corrected chi connectivity index (χ3v) is 4.17. The molecule has 3 aromatic rings. The maximum absolute atomic E-state index is 11.6. The lowest BCUT2D eigenvalue weighted by Gasteiger charge is -2.15. The fraction of sp³-hybridized carbons (Fsp3) is 0.278. The fourth-order valence-electron chi connectivity index (χ4n) is 2.92. The van der Waals surface area contributed by atoms with Crippen molar-refractivity contribution in [1.82, 2.24) is 14.9 Å². The topological polar surface area (TPSA) is 84.4 Å². The highest BCUT2D eigenvalue weighted by Gasteiger charge is 2.19. The van der Waals surface area contributed by atoms with Gasteiger partial charge in [-0.25, -0.2) is 9.97 Å². The van der Waals surface area contributed by atoms with Crippen LogP contribution in [0.2, 0.25) is 0 Å². The van der Waals surface area contributed by atoms with E-state index >= 15 is 0 Å². The Morgan fingerprint density at radius 2 is 1.96 bits per heavy atom. The second-order valence-electron chi connectivity index (χ2n) is 5.82. The Labute approximate surface area is 144 Å². The van der Waals surface area contributed by atoms with Crippen molar-refractivity contribution in [1.29, 1.82) is 0 Å². The Hall–Kier alpha value is -3.09. The van der Waals surface area contributed by atoms with Crippen LogP contribution in [-0.2, 0) is 4.79 Å². The summed E-state index contributed by atoms with van der Waals surface area (Å²) in [5, 5.41) is 3.18. The minimum absolute atomic E-state index is 0.215. The number of amides is 1. The van der Waals surface area contributed by atoms with Crippen LogP contribution < -0.4 is 5.32 Å². The third-order valence-electron chi connectivity index (χ3n) is 4.17. The first-order valence-corrected chi connectivity index (χ1v) is 8.28. The number of hydrogen-bond acceptors (Lipinski definition) is 6. The summed E-state index contributed by atoms with van der Waals surface area (Å²) in [6.45, 7) is 2.08. The van der Waals surface area contributed by atoms with Crippen LogP contribution in [0.1, 0.15) is 12.8 Å². The molecular weight excluding hydrogens is 320 g/mol. The van der Waals surface area contributed by atoms with Crippen molar-refractivity contribution in [2.45, 2.75) is 12.8 Å². The zero-order valence-corrected chi connectivity index (χ0v) is 13.6. The average molecular weight is 338 g/mol. The molecule has 0 unspecified atom stereocenters. The van der Waals surface area contributed by atoms with Crippen LogP contribution in [0, 0.1) is 0 Å². The van der Waals surface area contributed by atoms with Crippen LogP contribution in [0.3, 0.4) is 0 Å². The smallest absolute Gasteiger partial charge is 0.223 e. The first-order valence-electron chi connectivity index (χ1n) is 8.28. The molecule has 25 heavy (non-hydrogen) atoms. The molecule has 0 bridgehead atoms. The number of anilines is 1. The number of rotatable bonds is 6. The van der Waals surface area contributed by atoms with Crippen molar-refractivity contribution >= 4 is 11.9 Å². The lowest BCUT2D eigenvalue weighted by molar-refractivity contribution is -0.127. The Morgan fingerprint density at radius 3 is 2.64 bits per heavy atom. The first-order chi connectivity index (χ1) is 12.3. The minimum Gasteiger partial charge on any atom is -0.464 e. The molecule has 4 rings (SSSR count). The molecule has 128 valence electrons. The Kier molecular flexibility index (Phi) is 4.20. The van der Waals surface area contributed by atoms with E-state index < -0.39 is 0 Å². The summed E-state index contributed by atoms with van der Waals surface area (Å²) in [5.74, 6) is 2.03. The predicted molar refractivity (Wildman–Crippen MR) is 91.7 cm³/mol. The summed E-state index contributed by atoms with van der Waals surface area (Å²) in [7, 11) is 0. The van der Waals surface area contributed by atoms with Gasteiger partial charge in [-0.2, -0.15) is 0 Å². The van der Waals surface area contributed by atoms with Gasteiger partial charge in [0.15, 0.2) is 5.76 Å². The largest absolute Gasteiger partial charge is 0.464 e. The number of hydrogen-bond donors (Lipinski definition) is 1. The quantitative estimate of drug-likeness (QED) is 0.744. The number of carbonyl (C=O) groups excluding carboxylic acids is 1. The molecule has 0 aliphatic carbocycles. The maximum Gasteiger partial charge on any atom is 0.223 e. The van der Waals surface area contributed by atoms with Gasteiger partial charge in [0.2, 0.25) is 11.9 Å². The summed E-state index contributed by atoms with van der Waals surface area (Å²) in [4.78, 5) is 22.4. The van der Waals surface area contributed by atoms with Crippen molar-refractivity contribution in [3.05, 3.63) is 43.0 Å². The van der Waals surface area contributed by atoms with Gasteiger partial charge in [-0.05, 0) is 30.7 Å². The minimum atomic E-state index is 0.215. The van der Waals surface area contributed by atoms with E-state index in [0.717, 1.165) is 18.5 Å². The summed E-state index contributed by atoms with van der Waals surface area (Å²) < 4.78 is 11.0. The molecule has 3 aromatic heterocycles. The molecule has 0 aromatic carbocycles. The van der Waals surface area contributed by atoms with Crippen LogP contribution in [0.25, 0.3) is 22.8 Å². The normalized spacial score (nSPS) is 14.2. The van der Waals surface area contributed by atoms with Crippen LogP contribution in [0.4, 0.5) is 5.95 Å². The SMILES string of the molecule is O=C1CCCN1CCNc1ncc(-c2ccco2)c(-c2ccco2)n1. The highest BCUT2D eigenvalue weighted by atomic mass is 16.3. The molecule has 1 saturated heterocycles. The van der Waals surface area contributed by atoms with E-state index in [2.05, 4.69) is 15.3 Å². The molecule has 1 aliphatic heterocycles. The molecule has 1 fully saturated rings. The molecule has 1 aliphatic rings. The second kappa shape index (κ2) is 6.80. The highest BCUT2D eigenvalue weighted by Crippen LogP contribution is 2.31. The van der Waals surface area contributed by atoms with E-state index in [1.165, 1.54) is 0 Å². The van der Waals surface area contributed by atoms with Crippen molar-refractivity contribution in [3.63, 3.8) is 0 Å². The zero-order valence-electron chi connectivity index (χ0n) is 13.6. The second-order valence-corrected chi connectivity index (χ2v) is 5.82. The highest BCUT2D eigenvalue weighted by molar-refractivity contribution is 5.78. The van der Waals surface area contributed by atoms with Crippen molar-refractivity contribution in [3.8, 4) is 22.8 Å². The van der Waals surface area contributed by atoms with E-state index in [1.54, 1.807) is 18.7 Å². The van der Waals surface area contributed by atoms with Gasteiger partial charge >= 0.3 is 0 Å². The van der Waals surface area contributed by atoms with Crippen LogP contribution >= 0.6 is 0 Å². The number of aromatic nitrogens is 2.